The maximum Gasteiger partial charge on any atom is 0.265 e. The monoisotopic (exact) mass is 405 g/mol. The van der Waals surface area contributed by atoms with Crippen molar-refractivity contribution in [3.05, 3.63) is 82.7 Å². The van der Waals surface area contributed by atoms with E-state index in [0.717, 1.165) is 34.6 Å². The van der Waals surface area contributed by atoms with Crippen molar-refractivity contribution in [1.29, 1.82) is 0 Å². The summed E-state index contributed by atoms with van der Waals surface area (Å²) >= 11 is 0. The fourth-order valence-electron chi connectivity index (χ4n) is 3.07. The molecule has 156 valence electrons. The van der Waals surface area contributed by atoms with Gasteiger partial charge in [-0.15, -0.1) is 0 Å². The molecule has 3 N–H and O–H groups in total. The molecule has 2 aromatic carbocycles. The van der Waals surface area contributed by atoms with Crippen LogP contribution in [0.25, 0.3) is 0 Å². The lowest BCUT2D eigenvalue weighted by atomic mass is 10.1. The molecular weight excluding hydrogens is 378 g/mol. The van der Waals surface area contributed by atoms with Crippen molar-refractivity contribution in [3.8, 4) is 0 Å². The van der Waals surface area contributed by atoms with Crippen molar-refractivity contribution in [2.24, 2.45) is 10.9 Å². The molecule has 0 aliphatic rings. The van der Waals surface area contributed by atoms with E-state index in [2.05, 4.69) is 22.5 Å². The smallest absolute Gasteiger partial charge is 0.265 e. The maximum absolute atomic E-state index is 12.0. The number of nitrogens with zero attached hydrogens (tertiary/aromatic N) is 3. The fraction of sp³-hybridized carbons (Fsp3) is 0.261. The second kappa shape index (κ2) is 9.73. The Hall–Kier alpha value is -3.61. The standard InChI is InChI=1S/C23H27N5O2/c1-4-18-8-10-21(11-9-18)25-22(29)15-30-27-23(24)20-7-5-6-19(13-20)14-28-17(3)12-16(2)26-28/h5-13H,4,14-15H2,1-3H3,(H2,24,27)(H,25,29). The van der Waals surface area contributed by atoms with E-state index in [-0.39, 0.29) is 18.3 Å². The van der Waals surface area contributed by atoms with E-state index in [4.69, 9.17) is 10.6 Å². The summed E-state index contributed by atoms with van der Waals surface area (Å²) in [6, 6.07) is 17.4. The number of oxime groups is 1. The first-order chi connectivity index (χ1) is 14.4. The number of aryl methyl sites for hydroxylation is 3. The topological polar surface area (TPSA) is 94.5 Å². The Morgan fingerprint density at radius 3 is 2.57 bits per heavy atom. The van der Waals surface area contributed by atoms with Crippen LogP contribution < -0.4 is 11.1 Å². The van der Waals surface area contributed by atoms with Gasteiger partial charge in [0.25, 0.3) is 5.91 Å². The predicted octanol–water partition coefficient (Wildman–Crippen LogP) is 3.39. The van der Waals surface area contributed by atoms with E-state index < -0.39 is 0 Å². The molecule has 7 nitrogen and oxygen atoms in total. The van der Waals surface area contributed by atoms with Gasteiger partial charge >= 0.3 is 0 Å². The van der Waals surface area contributed by atoms with Crippen LogP contribution in [0.3, 0.4) is 0 Å². The van der Waals surface area contributed by atoms with Crippen molar-refractivity contribution in [1.82, 2.24) is 9.78 Å². The minimum absolute atomic E-state index is 0.213. The average molecular weight is 406 g/mol. The minimum Gasteiger partial charge on any atom is -0.384 e. The van der Waals surface area contributed by atoms with E-state index in [1.807, 2.05) is 73.1 Å². The highest BCUT2D eigenvalue weighted by Crippen LogP contribution is 2.11. The van der Waals surface area contributed by atoms with Gasteiger partial charge in [0, 0.05) is 16.9 Å². The van der Waals surface area contributed by atoms with Gasteiger partial charge in [-0.3, -0.25) is 9.48 Å². The summed E-state index contributed by atoms with van der Waals surface area (Å²) in [4.78, 5) is 17.2. The molecule has 0 unspecified atom stereocenters. The van der Waals surface area contributed by atoms with Gasteiger partial charge in [-0.2, -0.15) is 5.10 Å². The fourth-order valence-corrected chi connectivity index (χ4v) is 3.07. The number of hydrogen-bond donors (Lipinski definition) is 2. The van der Waals surface area contributed by atoms with Crippen LogP contribution in [0.1, 0.15) is 35.0 Å². The molecule has 0 aliphatic heterocycles. The molecule has 0 bridgehead atoms. The summed E-state index contributed by atoms with van der Waals surface area (Å²) in [5, 5.41) is 11.1. The molecule has 0 saturated carbocycles. The number of carbonyl (C=O) groups excluding carboxylic acids is 1. The van der Waals surface area contributed by atoms with Crippen molar-refractivity contribution in [2.75, 3.05) is 11.9 Å². The van der Waals surface area contributed by atoms with Gasteiger partial charge in [-0.05, 0) is 55.7 Å². The molecule has 0 saturated heterocycles. The van der Waals surface area contributed by atoms with Crippen LogP contribution in [0.2, 0.25) is 0 Å². The molecule has 0 aliphatic carbocycles. The first-order valence-corrected chi connectivity index (χ1v) is 9.89. The SMILES string of the molecule is CCc1ccc(NC(=O)CO/N=C(\N)c2cccc(Cn3nc(C)cc3C)c2)cc1. The molecule has 1 amide bonds. The van der Waals surface area contributed by atoms with Crippen LogP contribution in [0.5, 0.6) is 0 Å². The van der Waals surface area contributed by atoms with E-state index >= 15 is 0 Å². The minimum atomic E-state index is -0.297. The Balaban J connectivity index is 1.55. The van der Waals surface area contributed by atoms with Crippen molar-refractivity contribution in [3.63, 3.8) is 0 Å². The van der Waals surface area contributed by atoms with Gasteiger partial charge in [0.15, 0.2) is 12.4 Å². The number of amidine groups is 1. The zero-order chi connectivity index (χ0) is 21.5. The lowest BCUT2D eigenvalue weighted by Crippen LogP contribution is -2.19. The summed E-state index contributed by atoms with van der Waals surface area (Å²) in [6.45, 7) is 6.50. The second-order valence-corrected chi connectivity index (χ2v) is 7.13. The molecule has 0 spiro atoms. The zero-order valence-corrected chi connectivity index (χ0v) is 17.6. The number of benzene rings is 2. The van der Waals surface area contributed by atoms with Gasteiger partial charge in [0.1, 0.15) is 0 Å². The van der Waals surface area contributed by atoms with Crippen LogP contribution in [0.4, 0.5) is 5.69 Å². The average Bonchev–Trinajstić information content (AvgIpc) is 3.05. The van der Waals surface area contributed by atoms with Gasteiger partial charge in [-0.1, -0.05) is 42.4 Å². The first kappa shape index (κ1) is 21.1. The van der Waals surface area contributed by atoms with E-state index in [1.54, 1.807) is 0 Å². The number of hydrogen-bond acceptors (Lipinski definition) is 4. The first-order valence-electron chi connectivity index (χ1n) is 9.89. The van der Waals surface area contributed by atoms with Crippen LogP contribution in [0.15, 0.2) is 59.8 Å². The molecular formula is C23H27N5O2. The molecule has 0 atom stereocenters. The summed E-state index contributed by atoms with van der Waals surface area (Å²) in [5.74, 6) is -0.0839. The summed E-state index contributed by atoms with van der Waals surface area (Å²) < 4.78 is 1.94. The Morgan fingerprint density at radius 1 is 1.13 bits per heavy atom. The van der Waals surface area contributed by atoms with Gasteiger partial charge in [0.2, 0.25) is 0 Å². The number of nitrogens with one attached hydrogen (secondary N) is 1. The Bertz CT molecular complexity index is 1040. The third-order valence-corrected chi connectivity index (χ3v) is 4.66. The maximum atomic E-state index is 12.0. The molecule has 0 radical (unpaired) electrons. The molecule has 30 heavy (non-hydrogen) atoms. The van der Waals surface area contributed by atoms with Crippen molar-refractivity contribution < 1.29 is 9.63 Å². The number of nitrogens with two attached hydrogens (primary N) is 1. The van der Waals surface area contributed by atoms with E-state index in [1.165, 1.54) is 5.56 Å². The second-order valence-electron chi connectivity index (χ2n) is 7.13. The zero-order valence-electron chi connectivity index (χ0n) is 17.6. The molecule has 0 fully saturated rings. The van der Waals surface area contributed by atoms with E-state index in [9.17, 15) is 4.79 Å². The normalized spacial score (nSPS) is 11.4. The Labute approximate surface area is 176 Å². The van der Waals surface area contributed by atoms with Crippen LogP contribution in [-0.4, -0.2) is 28.1 Å². The molecule has 1 heterocycles. The summed E-state index contributed by atoms with van der Waals surface area (Å²) in [7, 11) is 0. The summed E-state index contributed by atoms with van der Waals surface area (Å²) in [5.41, 5.74) is 11.8. The number of anilines is 1. The third kappa shape index (κ3) is 5.70. The van der Waals surface area contributed by atoms with Gasteiger partial charge in [0.05, 0.1) is 12.2 Å². The van der Waals surface area contributed by atoms with E-state index in [0.29, 0.717) is 6.54 Å². The third-order valence-electron chi connectivity index (χ3n) is 4.66. The number of rotatable bonds is 8. The van der Waals surface area contributed by atoms with Crippen LogP contribution in [-0.2, 0) is 22.6 Å². The van der Waals surface area contributed by atoms with Gasteiger partial charge in [-0.25, -0.2) is 0 Å². The van der Waals surface area contributed by atoms with Crippen molar-refractivity contribution >= 4 is 17.4 Å². The Morgan fingerprint density at radius 2 is 1.90 bits per heavy atom. The molecule has 7 heteroatoms. The largest absolute Gasteiger partial charge is 0.384 e. The quantitative estimate of drug-likeness (QED) is 0.341. The number of aromatic nitrogens is 2. The lowest BCUT2D eigenvalue weighted by molar-refractivity contribution is -0.120. The molecule has 1 aromatic heterocycles. The Kier molecular flexibility index (Phi) is 6.85. The number of carbonyl (C=O) groups is 1. The highest BCUT2D eigenvalue weighted by molar-refractivity contribution is 5.97. The predicted molar refractivity (Wildman–Crippen MR) is 118 cm³/mol. The van der Waals surface area contributed by atoms with Crippen molar-refractivity contribution in [2.45, 2.75) is 33.7 Å². The van der Waals surface area contributed by atoms with Gasteiger partial charge < -0.3 is 15.9 Å². The number of amides is 1. The highest BCUT2D eigenvalue weighted by atomic mass is 16.6. The highest BCUT2D eigenvalue weighted by Gasteiger charge is 2.06. The lowest BCUT2D eigenvalue weighted by Gasteiger charge is -2.08. The van der Waals surface area contributed by atoms with Crippen LogP contribution in [0, 0.1) is 13.8 Å². The molecule has 3 aromatic rings. The van der Waals surface area contributed by atoms with Crippen LogP contribution >= 0.6 is 0 Å². The molecule has 3 rings (SSSR count). The summed E-state index contributed by atoms with van der Waals surface area (Å²) in [6.07, 6.45) is 0.952.